The quantitative estimate of drug-likeness (QED) is 0.794. The summed E-state index contributed by atoms with van der Waals surface area (Å²) in [6.07, 6.45) is 1.93. The van der Waals surface area contributed by atoms with Crippen LogP contribution in [0.4, 0.5) is 0 Å². The Balaban J connectivity index is 2.46. The molecule has 1 amide bonds. The molecule has 0 saturated carbocycles. The SMILES string of the molecule is CCCCN(CCNS(=O)(=O)c1cccs1)C(C)=O. The van der Waals surface area contributed by atoms with Gasteiger partial charge in [0.2, 0.25) is 15.9 Å². The van der Waals surface area contributed by atoms with Crippen molar-refractivity contribution in [3.63, 3.8) is 0 Å². The zero-order chi connectivity index (χ0) is 14.3. The smallest absolute Gasteiger partial charge is 0.250 e. The highest BCUT2D eigenvalue weighted by Gasteiger charge is 2.15. The zero-order valence-electron chi connectivity index (χ0n) is 11.3. The van der Waals surface area contributed by atoms with Crippen molar-refractivity contribution in [1.29, 1.82) is 0 Å². The van der Waals surface area contributed by atoms with E-state index in [1.165, 1.54) is 18.3 Å². The predicted octanol–water partition coefficient (Wildman–Crippen LogP) is 1.68. The van der Waals surface area contributed by atoms with Gasteiger partial charge in [-0.3, -0.25) is 4.79 Å². The average molecular weight is 304 g/mol. The molecule has 1 N–H and O–H groups in total. The second-order valence-electron chi connectivity index (χ2n) is 4.19. The van der Waals surface area contributed by atoms with Gasteiger partial charge in [-0.05, 0) is 17.9 Å². The van der Waals surface area contributed by atoms with Crippen molar-refractivity contribution in [2.45, 2.75) is 30.9 Å². The van der Waals surface area contributed by atoms with Crippen LogP contribution in [0.3, 0.4) is 0 Å². The molecule has 0 atom stereocenters. The van der Waals surface area contributed by atoms with Crippen LogP contribution in [0.25, 0.3) is 0 Å². The van der Waals surface area contributed by atoms with E-state index in [1.807, 2.05) is 0 Å². The van der Waals surface area contributed by atoms with E-state index in [1.54, 1.807) is 22.4 Å². The summed E-state index contributed by atoms with van der Waals surface area (Å²) in [5, 5.41) is 1.72. The Morgan fingerprint density at radius 3 is 2.68 bits per heavy atom. The fourth-order valence-electron chi connectivity index (χ4n) is 1.58. The lowest BCUT2D eigenvalue weighted by molar-refractivity contribution is -0.128. The fraction of sp³-hybridized carbons (Fsp3) is 0.583. The van der Waals surface area contributed by atoms with Gasteiger partial charge in [0.1, 0.15) is 4.21 Å². The summed E-state index contributed by atoms with van der Waals surface area (Å²) in [5.74, 6) is -0.0243. The van der Waals surface area contributed by atoms with Crippen LogP contribution in [0.5, 0.6) is 0 Å². The summed E-state index contributed by atoms with van der Waals surface area (Å²) < 4.78 is 26.5. The van der Waals surface area contributed by atoms with Crippen molar-refractivity contribution in [2.75, 3.05) is 19.6 Å². The summed E-state index contributed by atoms with van der Waals surface area (Å²) in [6.45, 7) is 4.87. The molecule has 0 radical (unpaired) electrons. The minimum absolute atomic E-state index is 0.0243. The highest BCUT2D eigenvalue weighted by Crippen LogP contribution is 2.14. The number of thiophene rings is 1. The summed E-state index contributed by atoms with van der Waals surface area (Å²) in [5.41, 5.74) is 0. The molecular formula is C12H20N2O3S2. The van der Waals surface area contributed by atoms with Gasteiger partial charge in [-0.2, -0.15) is 0 Å². The van der Waals surface area contributed by atoms with Gasteiger partial charge < -0.3 is 4.90 Å². The molecule has 108 valence electrons. The van der Waals surface area contributed by atoms with Crippen LogP contribution in [0.2, 0.25) is 0 Å². The number of rotatable bonds is 8. The summed E-state index contributed by atoms with van der Waals surface area (Å²) in [6, 6.07) is 3.26. The Kier molecular flexibility index (Phi) is 6.47. The lowest BCUT2D eigenvalue weighted by atomic mass is 10.3. The number of sulfonamides is 1. The van der Waals surface area contributed by atoms with Crippen LogP contribution < -0.4 is 4.72 Å². The Labute approximate surface area is 118 Å². The van der Waals surface area contributed by atoms with E-state index < -0.39 is 10.0 Å². The monoisotopic (exact) mass is 304 g/mol. The maximum Gasteiger partial charge on any atom is 0.250 e. The first-order chi connectivity index (χ1) is 8.97. The normalized spacial score (nSPS) is 11.5. The molecule has 0 aliphatic heterocycles. The molecule has 19 heavy (non-hydrogen) atoms. The van der Waals surface area contributed by atoms with Crippen LogP contribution >= 0.6 is 11.3 Å². The van der Waals surface area contributed by atoms with Crippen molar-refractivity contribution >= 4 is 27.3 Å². The van der Waals surface area contributed by atoms with Gasteiger partial charge in [-0.25, -0.2) is 13.1 Å². The summed E-state index contributed by atoms with van der Waals surface area (Å²) in [7, 11) is -3.43. The number of carbonyl (C=O) groups excluding carboxylic acids is 1. The number of nitrogens with one attached hydrogen (secondary N) is 1. The Morgan fingerprint density at radius 2 is 2.16 bits per heavy atom. The summed E-state index contributed by atoms with van der Waals surface area (Å²) >= 11 is 1.18. The van der Waals surface area contributed by atoms with E-state index in [2.05, 4.69) is 11.6 Å². The van der Waals surface area contributed by atoms with Gasteiger partial charge in [-0.15, -0.1) is 11.3 Å². The van der Waals surface area contributed by atoms with E-state index in [4.69, 9.17) is 0 Å². The average Bonchev–Trinajstić information content (AvgIpc) is 2.87. The Bertz CT molecular complexity index is 483. The van der Waals surface area contributed by atoms with Crippen molar-refractivity contribution in [3.8, 4) is 0 Å². The van der Waals surface area contributed by atoms with Crippen LogP contribution in [0.15, 0.2) is 21.7 Å². The molecule has 1 rings (SSSR count). The van der Waals surface area contributed by atoms with Gasteiger partial charge >= 0.3 is 0 Å². The number of unbranched alkanes of at least 4 members (excludes halogenated alkanes) is 1. The molecule has 0 saturated heterocycles. The van der Waals surface area contributed by atoms with E-state index in [0.29, 0.717) is 17.3 Å². The van der Waals surface area contributed by atoms with E-state index in [-0.39, 0.29) is 12.5 Å². The molecular weight excluding hydrogens is 284 g/mol. The molecule has 5 nitrogen and oxygen atoms in total. The van der Waals surface area contributed by atoms with Crippen molar-refractivity contribution < 1.29 is 13.2 Å². The topological polar surface area (TPSA) is 66.5 Å². The second-order valence-corrected chi connectivity index (χ2v) is 7.13. The number of hydrogen-bond acceptors (Lipinski definition) is 4. The number of carbonyl (C=O) groups is 1. The zero-order valence-corrected chi connectivity index (χ0v) is 12.9. The van der Waals surface area contributed by atoms with Gasteiger partial charge in [-0.1, -0.05) is 19.4 Å². The van der Waals surface area contributed by atoms with Crippen LogP contribution in [-0.4, -0.2) is 38.9 Å². The van der Waals surface area contributed by atoms with E-state index in [0.717, 1.165) is 12.8 Å². The maximum absolute atomic E-state index is 11.9. The lowest BCUT2D eigenvalue weighted by Crippen LogP contribution is -2.37. The van der Waals surface area contributed by atoms with Gasteiger partial charge in [0.25, 0.3) is 0 Å². The number of hydrogen-bond donors (Lipinski definition) is 1. The van der Waals surface area contributed by atoms with Gasteiger partial charge in [0.15, 0.2) is 0 Å². The third-order valence-electron chi connectivity index (χ3n) is 2.66. The molecule has 1 heterocycles. The highest BCUT2D eigenvalue weighted by molar-refractivity contribution is 7.91. The molecule has 0 aliphatic rings. The molecule has 0 aliphatic carbocycles. The first-order valence-corrected chi connectivity index (χ1v) is 8.62. The number of nitrogens with zero attached hydrogens (tertiary/aromatic N) is 1. The third-order valence-corrected chi connectivity index (χ3v) is 5.52. The van der Waals surface area contributed by atoms with Gasteiger partial charge in [0.05, 0.1) is 0 Å². The number of amides is 1. The van der Waals surface area contributed by atoms with Crippen molar-refractivity contribution in [3.05, 3.63) is 17.5 Å². The second kappa shape index (κ2) is 7.62. The molecule has 0 unspecified atom stereocenters. The van der Waals surface area contributed by atoms with Crippen LogP contribution in [-0.2, 0) is 14.8 Å². The Morgan fingerprint density at radius 1 is 1.42 bits per heavy atom. The maximum atomic E-state index is 11.9. The molecule has 0 fully saturated rings. The first-order valence-electron chi connectivity index (χ1n) is 6.26. The molecule has 0 spiro atoms. The van der Waals surface area contributed by atoms with Crippen LogP contribution in [0, 0.1) is 0 Å². The largest absolute Gasteiger partial charge is 0.342 e. The first kappa shape index (κ1) is 16.1. The Hall–Kier alpha value is -0.920. The molecule has 0 aromatic carbocycles. The molecule has 0 bridgehead atoms. The van der Waals surface area contributed by atoms with Crippen molar-refractivity contribution in [1.82, 2.24) is 9.62 Å². The van der Waals surface area contributed by atoms with Gasteiger partial charge in [0, 0.05) is 26.6 Å². The third kappa shape index (κ3) is 5.30. The minimum atomic E-state index is -3.43. The fourth-order valence-corrected chi connectivity index (χ4v) is 3.64. The highest BCUT2D eigenvalue weighted by atomic mass is 32.2. The minimum Gasteiger partial charge on any atom is -0.342 e. The van der Waals surface area contributed by atoms with E-state index in [9.17, 15) is 13.2 Å². The molecule has 1 aromatic rings. The molecule has 1 aromatic heterocycles. The summed E-state index contributed by atoms with van der Waals surface area (Å²) in [4.78, 5) is 13.1. The van der Waals surface area contributed by atoms with Crippen LogP contribution in [0.1, 0.15) is 26.7 Å². The molecule has 7 heteroatoms. The standard InChI is InChI=1S/C12H20N2O3S2/c1-3-4-8-14(11(2)15)9-7-13-19(16,17)12-6-5-10-18-12/h5-6,10,13H,3-4,7-9H2,1-2H3. The predicted molar refractivity (Wildman–Crippen MR) is 76.7 cm³/mol. The van der Waals surface area contributed by atoms with E-state index >= 15 is 0 Å². The lowest BCUT2D eigenvalue weighted by Gasteiger charge is -2.20. The van der Waals surface area contributed by atoms with Crippen molar-refractivity contribution in [2.24, 2.45) is 0 Å².